The molecule has 0 aliphatic carbocycles. The highest BCUT2D eigenvalue weighted by molar-refractivity contribution is 9.10. The van der Waals surface area contributed by atoms with Gasteiger partial charge in [0.2, 0.25) is 5.76 Å². The second kappa shape index (κ2) is 5.82. The lowest BCUT2D eigenvalue weighted by molar-refractivity contribution is 0.0243. The minimum Gasteiger partial charge on any atom is -0.447 e. The number of nitrogens with zero attached hydrogens (tertiary/aromatic N) is 2. The lowest BCUT2D eigenvalue weighted by atomic mass is 10.4. The van der Waals surface area contributed by atoms with E-state index in [-0.39, 0.29) is 11.7 Å². The van der Waals surface area contributed by atoms with Crippen LogP contribution in [0.15, 0.2) is 43.1 Å². The molecule has 0 N–H and O–H groups in total. The van der Waals surface area contributed by atoms with E-state index >= 15 is 0 Å². The molecule has 0 bridgehead atoms. The fourth-order valence-corrected chi connectivity index (χ4v) is 2.54. The van der Waals surface area contributed by atoms with Crippen molar-refractivity contribution in [1.29, 1.82) is 0 Å². The van der Waals surface area contributed by atoms with E-state index in [0.29, 0.717) is 10.6 Å². The Morgan fingerprint density at radius 3 is 2.86 bits per heavy atom. The average molecular weight is 369 g/mol. The maximum Gasteiger partial charge on any atom is 0.375 e. The lowest BCUT2D eigenvalue weighted by Gasteiger charge is -2.07. The topological polar surface area (TPSA) is 78.4 Å². The predicted molar refractivity (Wildman–Crippen MR) is 77.8 cm³/mol. The van der Waals surface area contributed by atoms with Crippen LogP contribution in [-0.2, 0) is 4.74 Å². The van der Waals surface area contributed by atoms with Gasteiger partial charge in [-0.3, -0.25) is 0 Å². The van der Waals surface area contributed by atoms with Crippen molar-refractivity contribution in [2.75, 3.05) is 0 Å². The minimum atomic E-state index is -0.664. The molecule has 0 fully saturated rings. The number of halogens is 1. The van der Waals surface area contributed by atoms with Crippen molar-refractivity contribution >= 4 is 33.2 Å². The van der Waals surface area contributed by atoms with Gasteiger partial charge in [-0.05, 0) is 46.4 Å². The first-order valence-electron chi connectivity index (χ1n) is 5.97. The third kappa shape index (κ3) is 3.06. The molecule has 0 unspecified atom stereocenters. The lowest BCUT2D eigenvalue weighted by Crippen LogP contribution is -2.08. The standard InChI is InChI=1S/C13H9BrN2O4S/c1-7(18-13(17)8-4-5-10(14)19-8)11-15-16-12(20-11)9-3-2-6-21-9/h2-7H,1H3/t7-/m1/s1. The van der Waals surface area contributed by atoms with E-state index in [0.717, 1.165) is 4.88 Å². The summed E-state index contributed by atoms with van der Waals surface area (Å²) in [7, 11) is 0. The third-order valence-corrected chi connectivity index (χ3v) is 3.86. The van der Waals surface area contributed by atoms with Crippen molar-refractivity contribution < 1.29 is 18.4 Å². The van der Waals surface area contributed by atoms with Crippen LogP contribution in [0.2, 0.25) is 0 Å². The molecule has 3 aromatic rings. The number of hydrogen-bond donors (Lipinski definition) is 0. The normalized spacial score (nSPS) is 12.3. The van der Waals surface area contributed by atoms with Crippen molar-refractivity contribution in [3.8, 4) is 10.8 Å². The number of carbonyl (C=O) groups is 1. The number of esters is 1. The van der Waals surface area contributed by atoms with E-state index < -0.39 is 12.1 Å². The highest BCUT2D eigenvalue weighted by Gasteiger charge is 2.21. The molecule has 0 radical (unpaired) electrons. The van der Waals surface area contributed by atoms with E-state index in [9.17, 15) is 4.79 Å². The van der Waals surface area contributed by atoms with E-state index in [1.54, 1.807) is 13.0 Å². The van der Waals surface area contributed by atoms with Crippen molar-refractivity contribution in [1.82, 2.24) is 10.2 Å². The Morgan fingerprint density at radius 2 is 2.19 bits per heavy atom. The van der Waals surface area contributed by atoms with Crippen LogP contribution in [0.1, 0.15) is 29.5 Å². The summed E-state index contributed by atoms with van der Waals surface area (Å²) in [5.41, 5.74) is 0. The van der Waals surface area contributed by atoms with Gasteiger partial charge in [-0.25, -0.2) is 4.79 Å². The van der Waals surface area contributed by atoms with E-state index in [1.807, 2.05) is 17.5 Å². The Hall–Kier alpha value is -1.93. The molecular weight excluding hydrogens is 360 g/mol. The number of thiophene rings is 1. The molecular formula is C13H9BrN2O4S. The first kappa shape index (κ1) is 14.0. The summed E-state index contributed by atoms with van der Waals surface area (Å²) in [5, 5.41) is 9.75. The molecule has 108 valence electrons. The molecule has 21 heavy (non-hydrogen) atoms. The average Bonchev–Trinajstić information content (AvgIpc) is 3.19. The predicted octanol–water partition coefficient (Wildman–Crippen LogP) is 4.07. The molecule has 3 rings (SSSR count). The first-order chi connectivity index (χ1) is 10.1. The molecule has 8 heteroatoms. The number of ether oxygens (including phenoxy) is 1. The zero-order valence-corrected chi connectivity index (χ0v) is 13.2. The van der Waals surface area contributed by atoms with Gasteiger partial charge in [0.25, 0.3) is 11.8 Å². The monoisotopic (exact) mass is 368 g/mol. The van der Waals surface area contributed by atoms with Crippen LogP contribution in [0.5, 0.6) is 0 Å². The van der Waals surface area contributed by atoms with E-state index in [2.05, 4.69) is 26.1 Å². The number of aromatic nitrogens is 2. The smallest absolute Gasteiger partial charge is 0.375 e. The van der Waals surface area contributed by atoms with Gasteiger partial charge in [0.1, 0.15) is 0 Å². The summed E-state index contributed by atoms with van der Waals surface area (Å²) in [6.45, 7) is 1.65. The molecule has 0 saturated heterocycles. The Labute approximate surface area is 131 Å². The van der Waals surface area contributed by atoms with Gasteiger partial charge in [0, 0.05) is 0 Å². The summed E-state index contributed by atoms with van der Waals surface area (Å²) in [4.78, 5) is 12.7. The van der Waals surface area contributed by atoms with Crippen LogP contribution in [-0.4, -0.2) is 16.2 Å². The highest BCUT2D eigenvalue weighted by Crippen LogP contribution is 2.26. The largest absolute Gasteiger partial charge is 0.447 e. The fraction of sp³-hybridized carbons (Fsp3) is 0.154. The quantitative estimate of drug-likeness (QED) is 0.645. The molecule has 0 aliphatic rings. The third-order valence-electron chi connectivity index (χ3n) is 2.58. The summed E-state index contributed by atoms with van der Waals surface area (Å²) >= 11 is 4.61. The molecule has 3 aromatic heterocycles. The Bertz CT molecular complexity index is 750. The van der Waals surface area contributed by atoms with Crippen molar-refractivity contribution in [3.05, 3.63) is 46.0 Å². The molecule has 0 saturated carbocycles. The van der Waals surface area contributed by atoms with Gasteiger partial charge in [0.15, 0.2) is 10.8 Å². The summed E-state index contributed by atoms with van der Waals surface area (Å²) in [5.74, 6) is 0.150. The van der Waals surface area contributed by atoms with Gasteiger partial charge in [-0.1, -0.05) is 6.07 Å². The van der Waals surface area contributed by atoms with E-state index in [4.69, 9.17) is 13.6 Å². The van der Waals surface area contributed by atoms with Gasteiger partial charge in [0.05, 0.1) is 4.88 Å². The Morgan fingerprint density at radius 1 is 1.33 bits per heavy atom. The number of carbonyl (C=O) groups excluding carboxylic acids is 1. The minimum absolute atomic E-state index is 0.103. The van der Waals surface area contributed by atoms with Crippen LogP contribution in [0.4, 0.5) is 0 Å². The van der Waals surface area contributed by atoms with Crippen LogP contribution in [0.3, 0.4) is 0 Å². The number of furan rings is 1. The molecule has 0 amide bonds. The molecule has 1 atom stereocenters. The number of hydrogen-bond acceptors (Lipinski definition) is 7. The summed E-state index contributed by atoms with van der Waals surface area (Å²) in [6, 6.07) is 6.90. The first-order valence-corrected chi connectivity index (χ1v) is 7.64. The van der Waals surface area contributed by atoms with Gasteiger partial charge < -0.3 is 13.6 Å². The summed E-state index contributed by atoms with van der Waals surface area (Å²) < 4.78 is 16.3. The van der Waals surface area contributed by atoms with Crippen LogP contribution in [0, 0.1) is 0 Å². The second-order valence-electron chi connectivity index (χ2n) is 4.07. The second-order valence-corrected chi connectivity index (χ2v) is 5.80. The van der Waals surface area contributed by atoms with Gasteiger partial charge >= 0.3 is 5.97 Å². The van der Waals surface area contributed by atoms with Crippen LogP contribution >= 0.6 is 27.3 Å². The molecule has 0 aromatic carbocycles. The Kier molecular flexibility index (Phi) is 3.89. The van der Waals surface area contributed by atoms with Crippen molar-refractivity contribution in [2.24, 2.45) is 0 Å². The molecule has 0 aliphatic heterocycles. The number of rotatable bonds is 4. The zero-order valence-electron chi connectivity index (χ0n) is 10.8. The fourth-order valence-electron chi connectivity index (χ4n) is 1.59. The van der Waals surface area contributed by atoms with Gasteiger partial charge in [-0.2, -0.15) is 0 Å². The summed E-state index contributed by atoms with van der Waals surface area (Å²) in [6.07, 6.45) is -0.664. The van der Waals surface area contributed by atoms with Gasteiger partial charge in [-0.15, -0.1) is 21.5 Å². The van der Waals surface area contributed by atoms with Crippen molar-refractivity contribution in [3.63, 3.8) is 0 Å². The SMILES string of the molecule is C[C@@H](OC(=O)c1ccc(Br)o1)c1nnc(-c2cccs2)o1. The molecule has 6 nitrogen and oxygen atoms in total. The van der Waals surface area contributed by atoms with E-state index in [1.165, 1.54) is 17.4 Å². The highest BCUT2D eigenvalue weighted by atomic mass is 79.9. The van der Waals surface area contributed by atoms with Crippen LogP contribution < -0.4 is 0 Å². The van der Waals surface area contributed by atoms with Crippen LogP contribution in [0.25, 0.3) is 10.8 Å². The van der Waals surface area contributed by atoms with Crippen molar-refractivity contribution in [2.45, 2.75) is 13.0 Å². The maximum atomic E-state index is 11.9. The zero-order chi connectivity index (χ0) is 14.8. The maximum absolute atomic E-state index is 11.9. The Balaban J connectivity index is 1.71. The molecule has 0 spiro atoms. The molecule has 3 heterocycles.